The first-order chi connectivity index (χ1) is 7.04. The molecule has 0 amide bonds. The van der Waals surface area contributed by atoms with Crippen molar-refractivity contribution in [3.05, 3.63) is 35.8 Å². The maximum Gasteiger partial charge on any atom is 0.287 e. The van der Waals surface area contributed by atoms with Gasteiger partial charge in [0.15, 0.2) is 0 Å². The topological polar surface area (TPSA) is 41.8 Å². The van der Waals surface area contributed by atoms with Crippen LogP contribution in [0.15, 0.2) is 24.4 Å². The summed E-state index contributed by atoms with van der Waals surface area (Å²) >= 11 is 0. The predicted molar refractivity (Wildman–Crippen MR) is 58.5 cm³/mol. The van der Waals surface area contributed by atoms with E-state index in [2.05, 4.69) is 4.98 Å². The van der Waals surface area contributed by atoms with Crippen molar-refractivity contribution in [3.63, 3.8) is 0 Å². The molecule has 0 aliphatic heterocycles. The summed E-state index contributed by atoms with van der Waals surface area (Å²) in [4.78, 5) is 2.65. The Morgan fingerprint density at radius 3 is 2.62 bits per heavy atom. The summed E-state index contributed by atoms with van der Waals surface area (Å²) in [6.07, 6.45) is 1.16. The summed E-state index contributed by atoms with van der Waals surface area (Å²) in [6, 6.07) is 3.70. The van der Waals surface area contributed by atoms with Crippen molar-refractivity contribution in [2.75, 3.05) is 6.54 Å². The highest BCUT2D eigenvalue weighted by Crippen LogP contribution is 2.32. The van der Waals surface area contributed by atoms with Gasteiger partial charge in [-0.1, -0.05) is 0 Å². The Morgan fingerprint density at radius 2 is 2.00 bits per heavy atom. The maximum absolute atomic E-state index is 13.3. The second-order valence-electron chi connectivity index (χ2n) is 3.30. The van der Waals surface area contributed by atoms with Gasteiger partial charge in [0.1, 0.15) is 5.82 Å². The van der Waals surface area contributed by atoms with Gasteiger partial charge in [-0.05, 0) is 18.2 Å². The number of nitrogens with one attached hydrogen (secondary N) is 1. The molecule has 0 saturated heterocycles. The first-order valence-corrected chi connectivity index (χ1v) is 4.39. The number of hydrogen-bond acceptors (Lipinski definition) is 1. The fourth-order valence-electron chi connectivity index (χ4n) is 1.51. The highest BCUT2D eigenvalue weighted by atomic mass is 35.5. The molecule has 0 aliphatic carbocycles. The molecule has 0 fully saturated rings. The minimum atomic E-state index is -3.13. The lowest BCUT2D eigenvalue weighted by atomic mass is 10.1. The first-order valence-electron chi connectivity index (χ1n) is 4.39. The molecule has 0 unspecified atom stereocenters. The minimum Gasteiger partial charge on any atom is -0.361 e. The van der Waals surface area contributed by atoms with Gasteiger partial charge in [-0.15, -0.1) is 12.4 Å². The molecule has 0 spiro atoms. The minimum absolute atomic E-state index is 0. The Balaban J connectivity index is 0.00000128. The standard InChI is InChI=1S/C10H9F3N2.ClH/c11-6-1-2-9-7(3-6)8(4-15-9)10(12,13)5-14;/h1-4,15H,5,14H2;1H. The van der Waals surface area contributed by atoms with E-state index in [9.17, 15) is 13.2 Å². The lowest BCUT2D eigenvalue weighted by Crippen LogP contribution is -2.24. The summed E-state index contributed by atoms with van der Waals surface area (Å²) in [5, 5.41) is 0.172. The van der Waals surface area contributed by atoms with Crippen molar-refractivity contribution in [2.24, 2.45) is 5.73 Å². The van der Waals surface area contributed by atoms with E-state index in [4.69, 9.17) is 5.73 Å². The van der Waals surface area contributed by atoms with Crippen LogP contribution < -0.4 is 5.73 Å². The number of rotatable bonds is 2. The predicted octanol–water partition coefficient (Wildman–Crippen LogP) is 2.78. The molecule has 16 heavy (non-hydrogen) atoms. The van der Waals surface area contributed by atoms with Crippen LogP contribution in [0.2, 0.25) is 0 Å². The van der Waals surface area contributed by atoms with Crippen LogP contribution in [0.5, 0.6) is 0 Å². The molecule has 88 valence electrons. The number of benzene rings is 1. The molecule has 6 heteroatoms. The van der Waals surface area contributed by atoms with E-state index >= 15 is 0 Å². The second kappa shape index (κ2) is 4.35. The molecule has 1 aromatic carbocycles. The quantitative estimate of drug-likeness (QED) is 0.846. The molecule has 2 aromatic rings. The third-order valence-electron chi connectivity index (χ3n) is 2.29. The van der Waals surface area contributed by atoms with Crippen LogP contribution in [0.3, 0.4) is 0 Å². The number of aromatic nitrogens is 1. The molecule has 0 bridgehead atoms. The Kier molecular flexibility index (Phi) is 3.50. The molecule has 3 N–H and O–H groups in total. The summed E-state index contributed by atoms with van der Waals surface area (Å²) in [5.74, 6) is -3.68. The average molecular weight is 251 g/mol. The molecule has 2 rings (SSSR count). The van der Waals surface area contributed by atoms with Crippen molar-refractivity contribution in [3.8, 4) is 0 Å². The Morgan fingerprint density at radius 1 is 1.31 bits per heavy atom. The van der Waals surface area contributed by atoms with Gasteiger partial charge in [-0.2, -0.15) is 8.78 Å². The average Bonchev–Trinajstić information content (AvgIpc) is 2.61. The normalized spacial score (nSPS) is 11.5. The number of fused-ring (bicyclic) bond motifs is 1. The molecular formula is C10H10ClF3N2. The Labute approximate surface area is 96.0 Å². The monoisotopic (exact) mass is 250 g/mol. The van der Waals surface area contributed by atoms with Crippen molar-refractivity contribution in [1.29, 1.82) is 0 Å². The third kappa shape index (κ3) is 2.01. The number of alkyl halides is 2. The van der Waals surface area contributed by atoms with Crippen molar-refractivity contribution in [1.82, 2.24) is 4.98 Å². The third-order valence-corrected chi connectivity index (χ3v) is 2.29. The summed E-state index contributed by atoms with van der Waals surface area (Å²) in [7, 11) is 0. The molecule has 0 atom stereocenters. The zero-order valence-corrected chi connectivity index (χ0v) is 8.95. The number of H-pyrrole nitrogens is 1. The van der Waals surface area contributed by atoms with Gasteiger partial charge in [0.05, 0.1) is 6.54 Å². The lowest BCUT2D eigenvalue weighted by molar-refractivity contribution is 0.00754. The van der Waals surface area contributed by atoms with Crippen LogP contribution in [0, 0.1) is 5.82 Å². The van der Waals surface area contributed by atoms with E-state index in [0.717, 1.165) is 12.3 Å². The van der Waals surface area contributed by atoms with Crippen LogP contribution in [-0.4, -0.2) is 11.5 Å². The summed E-state index contributed by atoms with van der Waals surface area (Å²) in [5.41, 5.74) is 5.18. The number of aromatic amines is 1. The molecule has 2 nitrogen and oxygen atoms in total. The van der Waals surface area contributed by atoms with Crippen LogP contribution in [0.25, 0.3) is 10.9 Å². The number of hydrogen-bond donors (Lipinski definition) is 2. The SMILES string of the molecule is Cl.NCC(F)(F)c1c[nH]c2ccc(F)cc12. The molecule has 0 saturated carbocycles. The maximum atomic E-state index is 13.3. The van der Waals surface area contributed by atoms with Crippen LogP contribution >= 0.6 is 12.4 Å². The highest BCUT2D eigenvalue weighted by molar-refractivity contribution is 5.85. The first kappa shape index (κ1) is 12.9. The zero-order chi connectivity index (χ0) is 11.1. The largest absolute Gasteiger partial charge is 0.361 e. The molecule has 1 heterocycles. The van der Waals surface area contributed by atoms with Crippen LogP contribution in [0.1, 0.15) is 5.56 Å². The molecule has 0 radical (unpaired) electrons. The number of halogens is 4. The fourth-order valence-corrected chi connectivity index (χ4v) is 1.51. The van der Waals surface area contributed by atoms with Gasteiger partial charge in [-0.25, -0.2) is 4.39 Å². The molecule has 0 aliphatic rings. The highest BCUT2D eigenvalue weighted by Gasteiger charge is 2.32. The smallest absolute Gasteiger partial charge is 0.287 e. The van der Waals surface area contributed by atoms with Crippen LogP contribution in [-0.2, 0) is 5.92 Å². The Hall–Kier alpha value is -1.20. The number of nitrogens with two attached hydrogens (primary N) is 1. The summed E-state index contributed by atoms with van der Waals surface area (Å²) in [6.45, 7) is -0.795. The molecular weight excluding hydrogens is 241 g/mol. The van der Waals surface area contributed by atoms with E-state index in [1.165, 1.54) is 12.1 Å². The van der Waals surface area contributed by atoms with Gasteiger partial charge < -0.3 is 10.7 Å². The van der Waals surface area contributed by atoms with Crippen molar-refractivity contribution in [2.45, 2.75) is 5.92 Å². The van der Waals surface area contributed by atoms with E-state index in [1.54, 1.807) is 0 Å². The van der Waals surface area contributed by atoms with E-state index in [-0.39, 0.29) is 23.4 Å². The second-order valence-corrected chi connectivity index (χ2v) is 3.30. The van der Waals surface area contributed by atoms with Crippen molar-refractivity contribution < 1.29 is 13.2 Å². The lowest BCUT2D eigenvalue weighted by Gasteiger charge is -2.12. The van der Waals surface area contributed by atoms with Gasteiger partial charge >= 0.3 is 0 Å². The van der Waals surface area contributed by atoms with Crippen molar-refractivity contribution >= 4 is 23.3 Å². The van der Waals surface area contributed by atoms with Crippen LogP contribution in [0.4, 0.5) is 13.2 Å². The van der Waals surface area contributed by atoms with E-state index in [0.29, 0.717) is 5.52 Å². The van der Waals surface area contributed by atoms with Gasteiger partial charge in [0, 0.05) is 22.7 Å². The van der Waals surface area contributed by atoms with Gasteiger partial charge in [0.25, 0.3) is 5.92 Å². The van der Waals surface area contributed by atoms with E-state index < -0.39 is 18.3 Å². The zero-order valence-electron chi connectivity index (χ0n) is 8.14. The summed E-state index contributed by atoms with van der Waals surface area (Å²) < 4.78 is 39.5. The fraction of sp³-hybridized carbons (Fsp3) is 0.200. The van der Waals surface area contributed by atoms with Gasteiger partial charge in [0.2, 0.25) is 0 Å². The van der Waals surface area contributed by atoms with Gasteiger partial charge in [-0.3, -0.25) is 0 Å². The van der Waals surface area contributed by atoms with E-state index in [1.807, 2.05) is 0 Å². The molecule has 1 aromatic heterocycles. The Bertz CT molecular complexity index is 496.